The molecule has 0 radical (unpaired) electrons. The van der Waals surface area contributed by atoms with Crippen LogP contribution in [-0.4, -0.2) is 15.7 Å². The predicted octanol–water partition coefficient (Wildman–Crippen LogP) is 4.25. The number of fused-ring (bicyclic) bond motifs is 3. The van der Waals surface area contributed by atoms with E-state index in [2.05, 4.69) is 22.5 Å². The minimum Gasteiger partial charge on any atom is -0.321 e. The maximum atomic E-state index is 12.7. The largest absolute Gasteiger partial charge is 0.321 e. The second kappa shape index (κ2) is 5.83. The molecule has 0 saturated heterocycles. The fraction of sp³-hybridized carbons (Fsp3) is 0.158. The van der Waals surface area contributed by atoms with Crippen molar-refractivity contribution in [2.75, 3.05) is 5.32 Å². The van der Waals surface area contributed by atoms with Gasteiger partial charge in [0.25, 0.3) is 5.91 Å². The topological polar surface area (TPSA) is 46.9 Å². The van der Waals surface area contributed by atoms with Crippen LogP contribution in [0.3, 0.4) is 0 Å². The zero-order valence-corrected chi connectivity index (χ0v) is 14.4. The lowest BCUT2D eigenvalue weighted by molar-refractivity contribution is 0.102. The fourth-order valence-corrected chi connectivity index (χ4v) is 4.14. The number of nitrogens with zero attached hydrogens (tertiary/aromatic N) is 2. The molecule has 1 N–H and O–H groups in total. The zero-order valence-electron chi connectivity index (χ0n) is 13.5. The first-order valence-corrected chi connectivity index (χ1v) is 8.78. The molecular formula is C19H17N3OS. The minimum atomic E-state index is -0.155. The SMILES string of the molecule is Cc1cccc(NC(=O)c2nn(C)c3c2CSc2ccccc2-3)c1. The molecule has 0 bridgehead atoms. The number of nitrogens with one attached hydrogen (secondary N) is 1. The van der Waals surface area contributed by atoms with Crippen LogP contribution in [0.5, 0.6) is 0 Å². The lowest BCUT2D eigenvalue weighted by atomic mass is 10.1. The van der Waals surface area contributed by atoms with E-state index in [1.807, 2.05) is 55.1 Å². The molecule has 1 aliphatic heterocycles. The Bertz CT molecular complexity index is 946. The molecule has 0 saturated carbocycles. The molecule has 2 heterocycles. The number of carbonyl (C=O) groups excluding carboxylic acids is 1. The third-order valence-electron chi connectivity index (χ3n) is 4.15. The van der Waals surface area contributed by atoms with Gasteiger partial charge in [-0.05, 0) is 30.7 Å². The smallest absolute Gasteiger partial charge is 0.276 e. The van der Waals surface area contributed by atoms with Crippen molar-refractivity contribution in [2.45, 2.75) is 17.6 Å². The highest BCUT2D eigenvalue weighted by Gasteiger charge is 2.27. The normalized spacial score (nSPS) is 12.4. The predicted molar refractivity (Wildman–Crippen MR) is 97.3 cm³/mol. The number of hydrogen-bond donors (Lipinski definition) is 1. The van der Waals surface area contributed by atoms with Gasteiger partial charge in [-0.3, -0.25) is 9.48 Å². The summed E-state index contributed by atoms with van der Waals surface area (Å²) in [5.74, 6) is 0.606. The first-order chi connectivity index (χ1) is 11.6. The molecule has 2 aromatic carbocycles. The van der Waals surface area contributed by atoms with Crippen LogP contribution in [0.2, 0.25) is 0 Å². The highest BCUT2D eigenvalue weighted by molar-refractivity contribution is 7.98. The molecule has 0 aliphatic carbocycles. The Labute approximate surface area is 144 Å². The van der Waals surface area contributed by atoms with Crippen molar-refractivity contribution in [1.82, 2.24) is 9.78 Å². The Morgan fingerprint density at radius 2 is 2.04 bits per heavy atom. The van der Waals surface area contributed by atoms with E-state index < -0.39 is 0 Å². The number of rotatable bonds is 2. The van der Waals surface area contributed by atoms with Crippen molar-refractivity contribution in [1.29, 1.82) is 0 Å². The van der Waals surface area contributed by atoms with Crippen molar-refractivity contribution < 1.29 is 4.79 Å². The standard InChI is InChI=1S/C19H17N3OS/c1-12-6-5-7-13(10-12)20-19(23)17-15-11-24-16-9-4-3-8-14(16)18(15)22(2)21-17/h3-10H,11H2,1-2H3,(H,20,23). The van der Waals surface area contributed by atoms with Gasteiger partial charge in [0.15, 0.2) is 5.69 Å². The first-order valence-electron chi connectivity index (χ1n) is 7.79. The Hall–Kier alpha value is -2.53. The fourth-order valence-electron chi connectivity index (χ4n) is 3.08. The number of amides is 1. The Balaban J connectivity index is 1.72. The van der Waals surface area contributed by atoms with Crippen LogP contribution in [0.25, 0.3) is 11.3 Å². The highest BCUT2D eigenvalue weighted by atomic mass is 32.2. The lowest BCUT2D eigenvalue weighted by Gasteiger charge is -2.17. The van der Waals surface area contributed by atoms with Crippen molar-refractivity contribution in [2.24, 2.45) is 7.05 Å². The van der Waals surface area contributed by atoms with Gasteiger partial charge in [-0.1, -0.05) is 30.3 Å². The van der Waals surface area contributed by atoms with Gasteiger partial charge in [0.2, 0.25) is 0 Å². The highest BCUT2D eigenvalue weighted by Crippen LogP contribution is 2.42. The van der Waals surface area contributed by atoms with Crippen LogP contribution in [-0.2, 0) is 12.8 Å². The van der Waals surface area contributed by atoms with Crippen LogP contribution in [0.15, 0.2) is 53.4 Å². The number of benzene rings is 2. The molecule has 3 aromatic rings. The summed E-state index contributed by atoms with van der Waals surface area (Å²) in [5, 5.41) is 7.46. The molecule has 0 fully saturated rings. The number of hydrogen-bond acceptors (Lipinski definition) is 3. The van der Waals surface area contributed by atoms with Crippen molar-refractivity contribution >= 4 is 23.4 Å². The monoisotopic (exact) mass is 335 g/mol. The van der Waals surface area contributed by atoms with E-state index in [-0.39, 0.29) is 5.91 Å². The Kier molecular flexibility index (Phi) is 3.65. The summed E-state index contributed by atoms with van der Waals surface area (Å²) >= 11 is 1.75. The molecule has 24 heavy (non-hydrogen) atoms. The van der Waals surface area contributed by atoms with Gasteiger partial charge in [-0.2, -0.15) is 5.10 Å². The molecule has 1 aromatic heterocycles. The quantitative estimate of drug-likeness (QED) is 0.761. The Morgan fingerprint density at radius 3 is 2.88 bits per heavy atom. The van der Waals surface area contributed by atoms with Crippen molar-refractivity contribution in [3.63, 3.8) is 0 Å². The summed E-state index contributed by atoms with van der Waals surface area (Å²) in [4.78, 5) is 14.0. The van der Waals surface area contributed by atoms with Gasteiger partial charge in [-0.15, -0.1) is 11.8 Å². The molecule has 4 rings (SSSR count). The molecule has 1 amide bonds. The van der Waals surface area contributed by atoms with Gasteiger partial charge in [-0.25, -0.2) is 0 Å². The molecule has 4 nitrogen and oxygen atoms in total. The summed E-state index contributed by atoms with van der Waals surface area (Å²) in [6, 6.07) is 16.1. The average Bonchev–Trinajstić information content (AvgIpc) is 2.92. The van der Waals surface area contributed by atoms with Gasteiger partial charge in [0.05, 0.1) is 5.69 Å². The summed E-state index contributed by atoms with van der Waals surface area (Å²) in [6.45, 7) is 2.01. The third kappa shape index (κ3) is 2.51. The van der Waals surface area contributed by atoms with E-state index in [1.165, 1.54) is 4.90 Å². The molecule has 0 atom stereocenters. The number of carbonyl (C=O) groups is 1. The van der Waals surface area contributed by atoms with Gasteiger partial charge in [0, 0.05) is 34.5 Å². The number of thioether (sulfide) groups is 1. The van der Waals surface area contributed by atoms with Crippen LogP contribution >= 0.6 is 11.8 Å². The van der Waals surface area contributed by atoms with E-state index in [1.54, 1.807) is 11.8 Å². The summed E-state index contributed by atoms with van der Waals surface area (Å²) < 4.78 is 1.82. The van der Waals surface area contributed by atoms with Gasteiger partial charge >= 0.3 is 0 Å². The average molecular weight is 335 g/mol. The second-order valence-electron chi connectivity index (χ2n) is 5.91. The lowest BCUT2D eigenvalue weighted by Crippen LogP contribution is -2.15. The van der Waals surface area contributed by atoms with E-state index in [0.29, 0.717) is 5.69 Å². The molecule has 0 unspecified atom stereocenters. The van der Waals surface area contributed by atoms with E-state index in [0.717, 1.165) is 33.8 Å². The van der Waals surface area contributed by atoms with Crippen molar-refractivity contribution in [3.8, 4) is 11.3 Å². The number of aryl methyl sites for hydroxylation is 2. The summed E-state index contributed by atoms with van der Waals surface area (Å²) in [6.07, 6.45) is 0. The van der Waals surface area contributed by atoms with Crippen LogP contribution in [0, 0.1) is 6.92 Å². The first kappa shape index (κ1) is 15.0. The molecule has 0 spiro atoms. The van der Waals surface area contributed by atoms with Gasteiger partial charge in [0.1, 0.15) is 0 Å². The molecule has 120 valence electrons. The van der Waals surface area contributed by atoms with Crippen LogP contribution in [0.1, 0.15) is 21.6 Å². The zero-order chi connectivity index (χ0) is 16.7. The van der Waals surface area contributed by atoms with Crippen LogP contribution < -0.4 is 5.32 Å². The van der Waals surface area contributed by atoms with Crippen LogP contribution in [0.4, 0.5) is 5.69 Å². The third-order valence-corrected chi connectivity index (χ3v) is 5.25. The van der Waals surface area contributed by atoms with Crippen molar-refractivity contribution in [3.05, 3.63) is 65.4 Å². The number of aromatic nitrogens is 2. The molecule has 1 aliphatic rings. The van der Waals surface area contributed by atoms with E-state index in [4.69, 9.17) is 0 Å². The van der Waals surface area contributed by atoms with E-state index >= 15 is 0 Å². The number of anilines is 1. The van der Waals surface area contributed by atoms with E-state index in [9.17, 15) is 4.79 Å². The Morgan fingerprint density at radius 1 is 1.21 bits per heavy atom. The molecule has 5 heteroatoms. The summed E-state index contributed by atoms with van der Waals surface area (Å²) in [5.41, 5.74) is 5.61. The maximum absolute atomic E-state index is 12.7. The van der Waals surface area contributed by atoms with Gasteiger partial charge < -0.3 is 5.32 Å². The minimum absolute atomic E-state index is 0.155. The molecular weight excluding hydrogens is 318 g/mol. The maximum Gasteiger partial charge on any atom is 0.276 e. The second-order valence-corrected chi connectivity index (χ2v) is 6.92. The summed E-state index contributed by atoms with van der Waals surface area (Å²) in [7, 11) is 1.90.